The van der Waals surface area contributed by atoms with Gasteiger partial charge in [-0.05, 0) is 85.0 Å². The number of nitrogens with one attached hydrogen (secondary N) is 1. The van der Waals surface area contributed by atoms with Crippen LogP contribution in [-0.2, 0) is 9.59 Å². The molecule has 2 aromatic carbocycles. The zero-order valence-corrected chi connectivity index (χ0v) is 22.8. The number of phenolic OH excluding ortho intramolecular Hbond substituents is 1. The maximum Gasteiger partial charge on any atom is 0.226 e. The maximum atomic E-state index is 14.0. The first-order valence-electron chi connectivity index (χ1n) is 14.3. The fraction of sp³-hybridized carbons (Fsp3) is 0.515. The van der Waals surface area contributed by atoms with E-state index in [1.807, 2.05) is 42.3 Å². The van der Waals surface area contributed by atoms with E-state index in [9.17, 15) is 14.7 Å². The summed E-state index contributed by atoms with van der Waals surface area (Å²) in [6.07, 6.45) is 9.16. The van der Waals surface area contributed by atoms with Gasteiger partial charge < -0.3 is 15.3 Å². The molecule has 4 aliphatic rings. The van der Waals surface area contributed by atoms with Crippen LogP contribution in [0.4, 0.5) is 0 Å². The van der Waals surface area contributed by atoms with Gasteiger partial charge >= 0.3 is 0 Å². The molecule has 38 heavy (non-hydrogen) atoms. The largest absolute Gasteiger partial charge is 0.508 e. The molecule has 5 heteroatoms. The SMILES string of the molecule is CN1C(=O)CC[C@@]2(C)C1=CC[C@@H]1[C@H]2CC[C@]2(C)C(C(=O)NC(c3ccccc3)c3ccc(O)cc3)CC[C@@H]12. The third-order valence-corrected chi connectivity index (χ3v) is 11.0. The Balaban J connectivity index is 1.25. The third kappa shape index (κ3) is 3.88. The van der Waals surface area contributed by atoms with Crippen molar-refractivity contribution in [1.29, 1.82) is 0 Å². The van der Waals surface area contributed by atoms with Gasteiger partial charge in [-0.2, -0.15) is 0 Å². The van der Waals surface area contributed by atoms with E-state index in [1.54, 1.807) is 12.1 Å². The summed E-state index contributed by atoms with van der Waals surface area (Å²) in [6.45, 7) is 4.77. The molecule has 1 saturated heterocycles. The zero-order valence-electron chi connectivity index (χ0n) is 22.8. The molecule has 2 saturated carbocycles. The second-order valence-corrected chi connectivity index (χ2v) is 12.7. The number of likely N-dealkylation sites (tertiary alicyclic amines) is 1. The number of aromatic hydroxyl groups is 1. The summed E-state index contributed by atoms with van der Waals surface area (Å²) < 4.78 is 0. The quantitative estimate of drug-likeness (QED) is 0.512. The van der Waals surface area contributed by atoms with Gasteiger partial charge in [-0.1, -0.05) is 62.4 Å². The first kappa shape index (κ1) is 25.2. The average molecular weight is 513 g/mol. The van der Waals surface area contributed by atoms with Gasteiger partial charge in [0.1, 0.15) is 5.75 Å². The highest BCUT2D eigenvalue weighted by molar-refractivity contribution is 5.81. The van der Waals surface area contributed by atoms with E-state index in [-0.39, 0.29) is 40.4 Å². The van der Waals surface area contributed by atoms with Gasteiger partial charge in [-0.15, -0.1) is 0 Å². The molecule has 7 atom stereocenters. The van der Waals surface area contributed by atoms with Crippen molar-refractivity contribution in [3.8, 4) is 5.75 Å². The molecule has 5 nitrogen and oxygen atoms in total. The van der Waals surface area contributed by atoms with Crippen molar-refractivity contribution in [3.05, 3.63) is 77.5 Å². The standard InChI is InChI=1S/C33H40N2O3/c1-32-19-17-26-24(13-16-28-33(26,2)20-18-29(37)35(28)3)25(32)14-15-27(32)31(38)34-30(21-7-5-4-6-8-21)22-9-11-23(36)12-10-22/h4-12,16,24-27,30,36H,13-15,17-20H2,1-3H3,(H,34,38)/t24-,25-,26+,27?,30?,32-,33+/m0/s1. The molecule has 2 N–H and O–H groups in total. The van der Waals surface area contributed by atoms with E-state index < -0.39 is 0 Å². The Bertz CT molecular complexity index is 1250. The van der Waals surface area contributed by atoms with E-state index in [0.29, 0.717) is 24.2 Å². The van der Waals surface area contributed by atoms with E-state index in [2.05, 4.69) is 37.4 Å². The van der Waals surface area contributed by atoms with Crippen LogP contribution in [0, 0.1) is 34.5 Å². The molecule has 1 heterocycles. The predicted molar refractivity (Wildman–Crippen MR) is 148 cm³/mol. The van der Waals surface area contributed by atoms with Crippen molar-refractivity contribution in [2.24, 2.45) is 34.5 Å². The molecule has 0 bridgehead atoms. The fourth-order valence-corrected chi connectivity index (χ4v) is 8.93. The van der Waals surface area contributed by atoms with Crippen LogP contribution >= 0.6 is 0 Å². The first-order valence-corrected chi connectivity index (χ1v) is 14.3. The molecular formula is C33H40N2O3. The molecule has 200 valence electrons. The number of phenols is 1. The van der Waals surface area contributed by atoms with Gasteiger partial charge in [0.25, 0.3) is 0 Å². The van der Waals surface area contributed by atoms with E-state index in [4.69, 9.17) is 0 Å². The van der Waals surface area contributed by atoms with Crippen molar-refractivity contribution in [2.75, 3.05) is 7.05 Å². The van der Waals surface area contributed by atoms with Gasteiger partial charge in [0.05, 0.1) is 6.04 Å². The third-order valence-electron chi connectivity index (χ3n) is 11.0. The van der Waals surface area contributed by atoms with E-state index in [0.717, 1.165) is 49.7 Å². The fourth-order valence-electron chi connectivity index (χ4n) is 8.93. The minimum atomic E-state index is -0.252. The molecule has 3 aliphatic carbocycles. The van der Waals surface area contributed by atoms with Gasteiger partial charge in [-0.3, -0.25) is 9.59 Å². The highest BCUT2D eigenvalue weighted by Crippen LogP contribution is 2.66. The second-order valence-electron chi connectivity index (χ2n) is 12.7. The summed E-state index contributed by atoms with van der Waals surface area (Å²) in [6, 6.07) is 17.0. The highest BCUT2D eigenvalue weighted by atomic mass is 16.3. The Kier molecular flexibility index (Phi) is 6.16. The van der Waals surface area contributed by atoms with Crippen LogP contribution in [0.15, 0.2) is 66.4 Å². The Morgan fingerprint density at radius 3 is 2.42 bits per heavy atom. The Morgan fingerprint density at radius 2 is 1.68 bits per heavy atom. The van der Waals surface area contributed by atoms with Crippen molar-refractivity contribution in [3.63, 3.8) is 0 Å². The van der Waals surface area contributed by atoms with Crippen molar-refractivity contribution in [2.45, 2.75) is 64.8 Å². The summed E-state index contributed by atoms with van der Waals surface area (Å²) in [5.74, 6) is 2.28. The topological polar surface area (TPSA) is 69.6 Å². The molecule has 2 aromatic rings. The summed E-state index contributed by atoms with van der Waals surface area (Å²) in [4.78, 5) is 28.4. The summed E-state index contributed by atoms with van der Waals surface area (Å²) in [5, 5.41) is 13.3. The number of piperidine rings is 1. The molecule has 6 rings (SSSR count). The van der Waals surface area contributed by atoms with E-state index in [1.165, 1.54) is 5.70 Å². The second kappa shape index (κ2) is 9.29. The van der Waals surface area contributed by atoms with Crippen LogP contribution in [-0.4, -0.2) is 28.9 Å². The average Bonchev–Trinajstić information content (AvgIpc) is 3.28. The summed E-state index contributed by atoms with van der Waals surface area (Å²) >= 11 is 0. The van der Waals surface area contributed by atoms with Gasteiger partial charge in [0.2, 0.25) is 11.8 Å². The van der Waals surface area contributed by atoms with Crippen LogP contribution in [0.1, 0.15) is 76.0 Å². The van der Waals surface area contributed by atoms with Gasteiger partial charge in [0.15, 0.2) is 0 Å². The van der Waals surface area contributed by atoms with E-state index >= 15 is 0 Å². The number of benzene rings is 2. The highest BCUT2D eigenvalue weighted by Gasteiger charge is 2.60. The molecule has 3 fully saturated rings. The lowest BCUT2D eigenvalue weighted by atomic mass is 9.49. The van der Waals surface area contributed by atoms with Crippen LogP contribution in [0.2, 0.25) is 0 Å². The van der Waals surface area contributed by atoms with Crippen LogP contribution in [0.3, 0.4) is 0 Å². The molecule has 1 aliphatic heterocycles. The van der Waals surface area contributed by atoms with Gasteiger partial charge in [0, 0.05) is 30.5 Å². The number of nitrogens with zero attached hydrogens (tertiary/aromatic N) is 1. The zero-order chi connectivity index (χ0) is 26.7. The lowest BCUT2D eigenvalue weighted by Crippen LogP contribution is -2.54. The van der Waals surface area contributed by atoms with Gasteiger partial charge in [-0.25, -0.2) is 0 Å². The smallest absolute Gasteiger partial charge is 0.226 e. The van der Waals surface area contributed by atoms with Crippen LogP contribution < -0.4 is 5.32 Å². The van der Waals surface area contributed by atoms with Crippen molar-refractivity contribution >= 4 is 11.8 Å². The maximum absolute atomic E-state index is 14.0. The van der Waals surface area contributed by atoms with Crippen molar-refractivity contribution in [1.82, 2.24) is 10.2 Å². The lowest BCUT2D eigenvalue weighted by Gasteiger charge is -2.58. The number of hydrogen-bond donors (Lipinski definition) is 2. The lowest BCUT2D eigenvalue weighted by molar-refractivity contribution is -0.138. The number of carbonyl (C=O) groups excluding carboxylic acids is 2. The molecule has 0 spiro atoms. The first-order chi connectivity index (χ1) is 18.2. The summed E-state index contributed by atoms with van der Waals surface area (Å²) in [7, 11) is 1.95. The monoisotopic (exact) mass is 512 g/mol. The molecule has 2 unspecified atom stereocenters. The summed E-state index contributed by atoms with van der Waals surface area (Å²) in [5.41, 5.74) is 3.30. The predicted octanol–water partition coefficient (Wildman–Crippen LogP) is 6.20. The Hall–Kier alpha value is -3.08. The number of carbonyl (C=O) groups is 2. The minimum absolute atomic E-state index is 0.00873. The molecular weight excluding hydrogens is 472 g/mol. The number of fused-ring (bicyclic) bond motifs is 5. The number of allylic oxidation sites excluding steroid dienone is 2. The number of amides is 2. The van der Waals surface area contributed by atoms with Crippen LogP contribution in [0.5, 0.6) is 5.75 Å². The number of hydrogen-bond acceptors (Lipinski definition) is 3. The Labute approximate surface area is 226 Å². The molecule has 0 radical (unpaired) electrons. The van der Waals surface area contributed by atoms with Crippen molar-refractivity contribution < 1.29 is 14.7 Å². The molecule has 0 aromatic heterocycles. The normalized spacial score (nSPS) is 35.0. The van der Waals surface area contributed by atoms with Crippen LogP contribution in [0.25, 0.3) is 0 Å². The minimum Gasteiger partial charge on any atom is -0.508 e. The molecule has 2 amide bonds. The Morgan fingerprint density at radius 1 is 0.974 bits per heavy atom. The number of rotatable bonds is 4.